The molecule has 1 saturated carbocycles. The first-order valence-corrected chi connectivity index (χ1v) is 10.1. The first-order chi connectivity index (χ1) is 14.4. The molecule has 3 N–H and O–H groups in total. The quantitative estimate of drug-likeness (QED) is 0.468. The topological polar surface area (TPSA) is 148 Å². The van der Waals surface area contributed by atoms with Crippen molar-refractivity contribution in [2.75, 3.05) is 0 Å². The molecule has 0 bridgehead atoms. The predicted octanol–water partition coefficient (Wildman–Crippen LogP) is 1.24. The number of aromatic nitrogens is 3. The molecular weight excluding hydrogens is 390 g/mol. The van der Waals surface area contributed by atoms with Crippen LogP contribution in [0.3, 0.4) is 0 Å². The summed E-state index contributed by atoms with van der Waals surface area (Å²) in [6.45, 7) is 3.90. The number of carbonyl (C=O) groups is 1. The molecule has 2 fully saturated rings. The number of pyridine rings is 1. The van der Waals surface area contributed by atoms with Crippen molar-refractivity contribution in [3.63, 3.8) is 0 Å². The van der Waals surface area contributed by atoms with Crippen LogP contribution < -0.4 is 16.2 Å². The third-order valence-corrected chi connectivity index (χ3v) is 5.92. The smallest absolute Gasteiger partial charge is 0.249 e. The van der Waals surface area contributed by atoms with E-state index in [1.165, 1.54) is 0 Å². The van der Waals surface area contributed by atoms with E-state index >= 15 is 0 Å². The zero-order chi connectivity index (χ0) is 21.3. The van der Waals surface area contributed by atoms with Gasteiger partial charge in [-0.05, 0) is 24.5 Å². The van der Waals surface area contributed by atoms with Crippen LogP contribution in [0.25, 0.3) is 11.4 Å². The van der Waals surface area contributed by atoms with Crippen LogP contribution >= 0.6 is 0 Å². The Bertz CT molecular complexity index is 903. The van der Waals surface area contributed by atoms with Crippen LogP contribution in [-0.2, 0) is 4.79 Å². The minimum atomic E-state index is -0.608. The molecule has 1 amide bonds. The molecule has 2 aromatic heterocycles. The molecule has 0 spiro atoms. The SMILES string of the molecule is CC(C)C(NC(=O)C1NNC2CCC([N+](=O)[O-])CC21)c1nc(-c2ccncc2)no1. The van der Waals surface area contributed by atoms with Crippen molar-refractivity contribution < 1.29 is 14.2 Å². The lowest BCUT2D eigenvalue weighted by atomic mass is 9.79. The maximum atomic E-state index is 13.1. The van der Waals surface area contributed by atoms with Gasteiger partial charge in [0.15, 0.2) is 0 Å². The molecule has 5 atom stereocenters. The van der Waals surface area contributed by atoms with E-state index in [1.807, 2.05) is 13.8 Å². The van der Waals surface area contributed by atoms with Gasteiger partial charge in [-0.1, -0.05) is 19.0 Å². The van der Waals surface area contributed by atoms with E-state index in [9.17, 15) is 14.9 Å². The summed E-state index contributed by atoms with van der Waals surface area (Å²) < 4.78 is 5.44. The number of carbonyl (C=O) groups excluding carboxylic acids is 1. The van der Waals surface area contributed by atoms with Crippen molar-refractivity contribution in [3.8, 4) is 11.4 Å². The number of nitrogens with one attached hydrogen (secondary N) is 3. The third-order valence-electron chi connectivity index (χ3n) is 5.92. The van der Waals surface area contributed by atoms with Gasteiger partial charge in [0, 0.05) is 47.7 Å². The second-order valence-electron chi connectivity index (χ2n) is 8.21. The molecule has 160 valence electrons. The maximum Gasteiger partial charge on any atom is 0.249 e. The van der Waals surface area contributed by atoms with Gasteiger partial charge in [-0.3, -0.25) is 25.3 Å². The lowest BCUT2D eigenvalue weighted by Crippen LogP contribution is -2.48. The van der Waals surface area contributed by atoms with Gasteiger partial charge in [0.2, 0.25) is 23.7 Å². The number of hydrogen-bond acceptors (Lipinski definition) is 9. The van der Waals surface area contributed by atoms with Gasteiger partial charge in [-0.15, -0.1) is 0 Å². The number of fused-ring (bicyclic) bond motifs is 1. The number of hydrazine groups is 1. The van der Waals surface area contributed by atoms with E-state index in [2.05, 4.69) is 31.3 Å². The molecule has 4 rings (SSSR count). The van der Waals surface area contributed by atoms with E-state index < -0.39 is 18.1 Å². The average Bonchev–Trinajstić information content (AvgIpc) is 3.39. The maximum absolute atomic E-state index is 13.1. The summed E-state index contributed by atoms with van der Waals surface area (Å²) in [5.41, 5.74) is 6.92. The first-order valence-electron chi connectivity index (χ1n) is 10.1. The predicted molar refractivity (Wildman–Crippen MR) is 105 cm³/mol. The molecule has 1 aliphatic carbocycles. The highest BCUT2D eigenvalue weighted by Crippen LogP contribution is 2.32. The lowest BCUT2D eigenvalue weighted by Gasteiger charge is -2.29. The minimum absolute atomic E-state index is 0.00253. The molecule has 1 saturated heterocycles. The monoisotopic (exact) mass is 415 g/mol. The Kier molecular flexibility index (Phi) is 5.73. The van der Waals surface area contributed by atoms with E-state index in [4.69, 9.17) is 4.52 Å². The summed E-state index contributed by atoms with van der Waals surface area (Å²) in [6.07, 6.45) is 4.84. The zero-order valence-corrected chi connectivity index (χ0v) is 16.8. The van der Waals surface area contributed by atoms with Gasteiger partial charge >= 0.3 is 0 Å². The Morgan fingerprint density at radius 3 is 2.77 bits per heavy atom. The van der Waals surface area contributed by atoms with Crippen LogP contribution in [0, 0.1) is 22.0 Å². The van der Waals surface area contributed by atoms with Crippen molar-refractivity contribution in [1.82, 2.24) is 31.3 Å². The van der Waals surface area contributed by atoms with E-state index in [0.29, 0.717) is 31.0 Å². The van der Waals surface area contributed by atoms with E-state index in [-0.39, 0.29) is 28.7 Å². The van der Waals surface area contributed by atoms with Gasteiger partial charge in [0.25, 0.3) is 0 Å². The van der Waals surface area contributed by atoms with Crippen LogP contribution in [0.15, 0.2) is 29.0 Å². The first kappa shape index (κ1) is 20.4. The molecule has 3 heterocycles. The van der Waals surface area contributed by atoms with Gasteiger partial charge in [-0.2, -0.15) is 4.98 Å². The summed E-state index contributed by atoms with van der Waals surface area (Å²) in [4.78, 5) is 32.5. The molecule has 1 aliphatic heterocycles. The summed E-state index contributed by atoms with van der Waals surface area (Å²) in [5, 5.41) is 18.2. The molecule has 11 heteroatoms. The number of nitro groups is 1. The highest BCUT2D eigenvalue weighted by Gasteiger charge is 2.47. The standard InChI is InChI=1S/C19H25N7O4/c1-10(2)15(19-22-17(25-30-19)11-5-7-20-8-6-11)21-18(27)16-13-9-12(26(28)29)3-4-14(13)23-24-16/h5-8,10,12-16,23-24H,3-4,9H2,1-2H3,(H,21,27). The van der Waals surface area contributed by atoms with E-state index in [0.717, 1.165) is 5.56 Å². The Morgan fingerprint density at radius 1 is 1.30 bits per heavy atom. The lowest BCUT2D eigenvalue weighted by molar-refractivity contribution is -0.528. The van der Waals surface area contributed by atoms with E-state index in [1.54, 1.807) is 24.5 Å². The molecule has 5 unspecified atom stereocenters. The summed E-state index contributed by atoms with van der Waals surface area (Å²) in [7, 11) is 0. The van der Waals surface area contributed by atoms with Crippen LogP contribution in [0.5, 0.6) is 0 Å². The zero-order valence-electron chi connectivity index (χ0n) is 16.8. The van der Waals surface area contributed by atoms with Crippen molar-refractivity contribution in [2.45, 2.75) is 57.3 Å². The molecule has 30 heavy (non-hydrogen) atoms. The Morgan fingerprint density at radius 2 is 2.07 bits per heavy atom. The number of hydrogen-bond donors (Lipinski definition) is 3. The second-order valence-corrected chi connectivity index (χ2v) is 8.21. The average molecular weight is 415 g/mol. The van der Waals surface area contributed by atoms with Crippen molar-refractivity contribution in [1.29, 1.82) is 0 Å². The summed E-state index contributed by atoms with van der Waals surface area (Å²) >= 11 is 0. The fourth-order valence-corrected chi connectivity index (χ4v) is 4.22. The minimum Gasteiger partial charge on any atom is -0.343 e. The van der Waals surface area contributed by atoms with Crippen molar-refractivity contribution >= 4 is 5.91 Å². The van der Waals surface area contributed by atoms with Crippen molar-refractivity contribution in [2.24, 2.45) is 11.8 Å². The molecular formula is C19H25N7O4. The molecule has 2 aliphatic rings. The van der Waals surface area contributed by atoms with Crippen LogP contribution in [-0.4, -0.2) is 44.1 Å². The Labute approximate surface area is 173 Å². The summed E-state index contributed by atoms with van der Waals surface area (Å²) in [5.74, 6) is 0.370. The molecule has 0 aromatic carbocycles. The fourth-order valence-electron chi connectivity index (χ4n) is 4.22. The van der Waals surface area contributed by atoms with Crippen molar-refractivity contribution in [3.05, 3.63) is 40.5 Å². The number of amides is 1. The van der Waals surface area contributed by atoms with Gasteiger partial charge in [-0.25, -0.2) is 5.43 Å². The molecule has 2 aromatic rings. The molecule has 0 radical (unpaired) electrons. The summed E-state index contributed by atoms with van der Waals surface area (Å²) in [6, 6.07) is 1.97. The van der Waals surface area contributed by atoms with Gasteiger partial charge in [0.05, 0.1) is 0 Å². The second kappa shape index (κ2) is 8.44. The number of rotatable bonds is 6. The Hall–Kier alpha value is -2.92. The highest BCUT2D eigenvalue weighted by atomic mass is 16.6. The normalized spacial score (nSPS) is 26.9. The van der Waals surface area contributed by atoms with Crippen LogP contribution in [0.1, 0.15) is 45.0 Å². The largest absolute Gasteiger partial charge is 0.343 e. The fraction of sp³-hybridized carbons (Fsp3) is 0.579. The number of nitrogens with zero attached hydrogens (tertiary/aromatic N) is 4. The Balaban J connectivity index is 1.48. The highest BCUT2D eigenvalue weighted by molar-refractivity contribution is 5.83. The third kappa shape index (κ3) is 4.03. The van der Waals surface area contributed by atoms with Gasteiger partial charge < -0.3 is 9.84 Å². The molecule has 11 nitrogen and oxygen atoms in total. The van der Waals surface area contributed by atoms with Crippen LogP contribution in [0.4, 0.5) is 0 Å². The van der Waals surface area contributed by atoms with Gasteiger partial charge in [0.1, 0.15) is 12.1 Å². The van der Waals surface area contributed by atoms with Crippen LogP contribution in [0.2, 0.25) is 0 Å².